The average Bonchev–Trinajstić information content (AvgIpc) is 2.88. The van der Waals surface area contributed by atoms with Gasteiger partial charge >= 0.3 is 0 Å². The summed E-state index contributed by atoms with van der Waals surface area (Å²) in [6, 6.07) is 4.22. The van der Waals surface area contributed by atoms with Crippen molar-refractivity contribution in [1.82, 2.24) is 25.3 Å². The first kappa shape index (κ1) is 9.46. The predicted octanol–water partition coefficient (Wildman–Crippen LogP) is -0.189. The Morgan fingerprint density at radius 3 is 3.12 bits per heavy atom. The molecule has 2 atom stereocenters. The highest BCUT2D eigenvalue weighted by molar-refractivity contribution is 5.43. The first-order chi connectivity index (χ1) is 7.83. The largest absolute Gasteiger partial charge is 0.364 e. The molecule has 16 heavy (non-hydrogen) atoms. The molecule has 7 nitrogen and oxygen atoms in total. The van der Waals surface area contributed by atoms with Gasteiger partial charge in [0.05, 0.1) is 0 Å². The molecule has 2 aromatic rings. The lowest BCUT2D eigenvalue weighted by atomic mass is 10.2. The van der Waals surface area contributed by atoms with Gasteiger partial charge in [0.15, 0.2) is 5.65 Å². The number of tetrazole rings is 1. The van der Waals surface area contributed by atoms with Crippen LogP contribution < -0.4 is 11.1 Å². The summed E-state index contributed by atoms with van der Waals surface area (Å²) in [6.07, 6.45) is 3.34. The third kappa shape index (κ3) is 1.58. The number of fused-ring (bicyclic) bond motifs is 1. The quantitative estimate of drug-likeness (QED) is 0.727. The van der Waals surface area contributed by atoms with Gasteiger partial charge in [-0.05, 0) is 41.8 Å². The van der Waals surface area contributed by atoms with Crippen molar-refractivity contribution in [2.75, 3.05) is 5.32 Å². The third-order valence-electron chi connectivity index (χ3n) is 2.97. The Morgan fingerprint density at radius 1 is 1.38 bits per heavy atom. The molecule has 0 radical (unpaired) electrons. The maximum atomic E-state index is 5.98. The molecule has 0 bridgehead atoms. The Hall–Kier alpha value is -1.76. The van der Waals surface area contributed by atoms with Crippen LogP contribution in [-0.4, -0.2) is 37.3 Å². The zero-order valence-electron chi connectivity index (χ0n) is 8.74. The molecule has 0 saturated heterocycles. The summed E-state index contributed by atoms with van der Waals surface area (Å²) < 4.78 is 1.41. The number of rotatable bonds is 2. The lowest BCUT2D eigenvalue weighted by Crippen LogP contribution is -2.35. The third-order valence-corrected chi connectivity index (χ3v) is 2.97. The van der Waals surface area contributed by atoms with Crippen molar-refractivity contribution in [2.45, 2.75) is 31.3 Å². The van der Waals surface area contributed by atoms with E-state index in [2.05, 4.69) is 25.9 Å². The van der Waals surface area contributed by atoms with Gasteiger partial charge in [-0.15, -0.1) is 14.8 Å². The van der Waals surface area contributed by atoms with Gasteiger partial charge in [-0.1, -0.05) is 0 Å². The Morgan fingerprint density at radius 2 is 2.31 bits per heavy atom. The maximum Gasteiger partial charge on any atom is 0.200 e. The summed E-state index contributed by atoms with van der Waals surface area (Å²) in [7, 11) is 0. The molecule has 3 N–H and O–H groups in total. The summed E-state index contributed by atoms with van der Waals surface area (Å²) >= 11 is 0. The van der Waals surface area contributed by atoms with E-state index < -0.39 is 0 Å². The Balaban J connectivity index is 1.83. The minimum absolute atomic E-state index is 0.214. The molecule has 1 saturated carbocycles. The van der Waals surface area contributed by atoms with Crippen LogP contribution in [0.5, 0.6) is 0 Å². The van der Waals surface area contributed by atoms with Crippen molar-refractivity contribution < 1.29 is 0 Å². The second-order valence-corrected chi connectivity index (χ2v) is 4.09. The van der Waals surface area contributed by atoms with Gasteiger partial charge in [0.1, 0.15) is 5.82 Å². The molecule has 1 fully saturated rings. The summed E-state index contributed by atoms with van der Waals surface area (Å²) in [5.41, 5.74) is 6.62. The first-order valence-corrected chi connectivity index (χ1v) is 5.40. The standard InChI is InChI=1S/C9H13N7/c10-6-2-1-3-7(6)11-8-4-5-9-12-14-15-16(9)13-8/h4-7H,1-3,10H2,(H,11,13). The number of nitrogens with two attached hydrogens (primary N) is 1. The van der Waals surface area contributed by atoms with E-state index >= 15 is 0 Å². The van der Waals surface area contributed by atoms with E-state index in [1.165, 1.54) is 11.1 Å². The summed E-state index contributed by atoms with van der Waals surface area (Å²) in [5.74, 6) is 0.766. The highest BCUT2D eigenvalue weighted by Crippen LogP contribution is 2.20. The molecular formula is C9H13N7. The highest BCUT2D eigenvalue weighted by atomic mass is 15.6. The fourth-order valence-corrected chi connectivity index (χ4v) is 2.08. The minimum Gasteiger partial charge on any atom is -0.364 e. The van der Waals surface area contributed by atoms with Crippen LogP contribution in [0.4, 0.5) is 5.82 Å². The number of hydrogen-bond donors (Lipinski definition) is 2. The SMILES string of the molecule is NC1CCCC1Nc1ccc2nnnn2n1. The van der Waals surface area contributed by atoms with E-state index in [1.807, 2.05) is 12.1 Å². The zero-order chi connectivity index (χ0) is 11.0. The van der Waals surface area contributed by atoms with Crippen LogP contribution in [0.1, 0.15) is 19.3 Å². The van der Waals surface area contributed by atoms with Crippen LogP contribution in [0, 0.1) is 0 Å². The molecule has 0 aliphatic heterocycles. The van der Waals surface area contributed by atoms with Gasteiger partial charge in [0.25, 0.3) is 0 Å². The topological polar surface area (TPSA) is 94.0 Å². The number of hydrogen-bond acceptors (Lipinski definition) is 6. The molecule has 2 heterocycles. The fraction of sp³-hybridized carbons (Fsp3) is 0.556. The maximum absolute atomic E-state index is 5.98. The van der Waals surface area contributed by atoms with Crippen LogP contribution in [0.15, 0.2) is 12.1 Å². The second kappa shape index (κ2) is 3.67. The Labute approximate surface area is 92.0 Å². The van der Waals surface area contributed by atoms with E-state index in [9.17, 15) is 0 Å². The van der Waals surface area contributed by atoms with Crippen LogP contribution in [0.25, 0.3) is 5.65 Å². The zero-order valence-corrected chi connectivity index (χ0v) is 8.74. The van der Waals surface area contributed by atoms with Crippen molar-refractivity contribution in [3.63, 3.8) is 0 Å². The molecular weight excluding hydrogens is 206 g/mol. The van der Waals surface area contributed by atoms with E-state index in [4.69, 9.17) is 5.73 Å². The van der Waals surface area contributed by atoms with Crippen LogP contribution in [0.3, 0.4) is 0 Å². The van der Waals surface area contributed by atoms with Gasteiger partial charge < -0.3 is 11.1 Å². The molecule has 1 aliphatic carbocycles. The summed E-state index contributed by atoms with van der Waals surface area (Å²) in [4.78, 5) is 0. The Kier molecular flexibility index (Phi) is 2.17. The lowest BCUT2D eigenvalue weighted by molar-refractivity contribution is 0.630. The van der Waals surface area contributed by atoms with Crippen LogP contribution in [-0.2, 0) is 0 Å². The molecule has 7 heteroatoms. The molecule has 0 amide bonds. The van der Waals surface area contributed by atoms with Crippen molar-refractivity contribution in [1.29, 1.82) is 0 Å². The van der Waals surface area contributed by atoms with Crippen molar-refractivity contribution in [3.05, 3.63) is 12.1 Å². The smallest absolute Gasteiger partial charge is 0.200 e. The van der Waals surface area contributed by atoms with Crippen LogP contribution >= 0.6 is 0 Å². The lowest BCUT2D eigenvalue weighted by Gasteiger charge is -2.17. The molecule has 3 rings (SSSR count). The van der Waals surface area contributed by atoms with Crippen molar-refractivity contribution in [3.8, 4) is 0 Å². The molecule has 1 aliphatic rings. The van der Waals surface area contributed by atoms with Crippen LogP contribution in [0.2, 0.25) is 0 Å². The number of nitrogens with one attached hydrogen (secondary N) is 1. The average molecular weight is 219 g/mol. The van der Waals surface area contributed by atoms with E-state index in [0.29, 0.717) is 11.7 Å². The normalized spacial score (nSPS) is 25.1. The molecule has 0 spiro atoms. The van der Waals surface area contributed by atoms with Gasteiger partial charge in [-0.25, -0.2) is 0 Å². The van der Waals surface area contributed by atoms with E-state index in [0.717, 1.165) is 18.7 Å². The van der Waals surface area contributed by atoms with Crippen molar-refractivity contribution in [2.24, 2.45) is 5.73 Å². The van der Waals surface area contributed by atoms with E-state index in [1.54, 1.807) is 0 Å². The van der Waals surface area contributed by atoms with E-state index in [-0.39, 0.29) is 6.04 Å². The second-order valence-electron chi connectivity index (χ2n) is 4.09. The predicted molar refractivity (Wildman–Crippen MR) is 57.8 cm³/mol. The highest BCUT2D eigenvalue weighted by Gasteiger charge is 2.23. The Bertz CT molecular complexity index is 493. The summed E-state index contributed by atoms with van der Waals surface area (Å²) in [5, 5.41) is 18.6. The monoisotopic (exact) mass is 219 g/mol. The molecule has 2 unspecified atom stereocenters. The van der Waals surface area contributed by atoms with Gasteiger partial charge in [-0.2, -0.15) is 0 Å². The van der Waals surface area contributed by atoms with Gasteiger partial charge in [0.2, 0.25) is 0 Å². The molecule has 0 aromatic carbocycles. The number of aromatic nitrogens is 5. The van der Waals surface area contributed by atoms with Gasteiger partial charge in [-0.3, -0.25) is 0 Å². The molecule has 2 aromatic heterocycles. The van der Waals surface area contributed by atoms with Gasteiger partial charge in [0, 0.05) is 12.1 Å². The first-order valence-electron chi connectivity index (χ1n) is 5.40. The summed E-state index contributed by atoms with van der Waals surface area (Å²) in [6.45, 7) is 0. The number of nitrogens with zero attached hydrogens (tertiary/aromatic N) is 5. The van der Waals surface area contributed by atoms with Crippen molar-refractivity contribution >= 4 is 11.5 Å². The minimum atomic E-state index is 0.214. The molecule has 84 valence electrons. The fourth-order valence-electron chi connectivity index (χ4n) is 2.08. The number of anilines is 1.